The SMILES string of the molecule is Cc1ccc(NC(=O)c2ccc(N3CCN(C(C)C)CC3)cc2)cc1NS(C)(=O)=O. The average molecular weight is 431 g/mol. The number of piperazine rings is 1. The van der Waals surface area contributed by atoms with Crippen molar-refractivity contribution in [1.82, 2.24) is 4.90 Å². The highest BCUT2D eigenvalue weighted by atomic mass is 32.2. The van der Waals surface area contributed by atoms with Crippen LogP contribution in [0.1, 0.15) is 29.8 Å². The Hall–Kier alpha value is -2.58. The van der Waals surface area contributed by atoms with Crippen LogP contribution in [0.3, 0.4) is 0 Å². The van der Waals surface area contributed by atoms with Gasteiger partial charge in [0.05, 0.1) is 11.9 Å². The van der Waals surface area contributed by atoms with Crippen LogP contribution >= 0.6 is 0 Å². The summed E-state index contributed by atoms with van der Waals surface area (Å²) in [5.74, 6) is -0.236. The zero-order valence-corrected chi connectivity index (χ0v) is 18.8. The van der Waals surface area contributed by atoms with Crippen molar-refractivity contribution >= 4 is 33.0 Å². The first-order valence-electron chi connectivity index (χ1n) is 10.1. The summed E-state index contributed by atoms with van der Waals surface area (Å²) in [6, 6.07) is 13.3. The summed E-state index contributed by atoms with van der Waals surface area (Å²) in [5, 5.41) is 2.83. The Balaban J connectivity index is 1.65. The molecule has 2 aromatic carbocycles. The van der Waals surface area contributed by atoms with Gasteiger partial charge in [-0.05, 0) is 62.7 Å². The van der Waals surface area contributed by atoms with E-state index < -0.39 is 10.0 Å². The van der Waals surface area contributed by atoms with E-state index >= 15 is 0 Å². The predicted octanol–water partition coefficient (Wildman–Crippen LogP) is 3.15. The summed E-state index contributed by atoms with van der Waals surface area (Å²) in [4.78, 5) is 17.4. The van der Waals surface area contributed by atoms with Crippen LogP contribution in [0.4, 0.5) is 17.1 Å². The number of rotatable bonds is 6. The number of aryl methyl sites for hydroxylation is 1. The molecule has 7 nitrogen and oxygen atoms in total. The molecule has 1 amide bonds. The molecule has 0 atom stereocenters. The van der Waals surface area contributed by atoms with Crippen molar-refractivity contribution in [2.24, 2.45) is 0 Å². The quantitative estimate of drug-likeness (QED) is 0.736. The molecule has 1 aliphatic heterocycles. The minimum Gasteiger partial charge on any atom is -0.369 e. The standard InChI is InChI=1S/C22H30N4O3S/c1-16(2)25-11-13-26(14-12-25)20-9-6-18(7-10-20)22(27)23-19-8-5-17(3)21(15-19)24-30(4,28)29/h5-10,15-16,24H,11-14H2,1-4H3,(H,23,27). The minimum atomic E-state index is -3.39. The molecule has 0 spiro atoms. The Morgan fingerprint density at radius 1 is 1.00 bits per heavy atom. The molecule has 0 saturated carbocycles. The highest BCUT2D eigenvalue weighted by Crippen LogP contribution is 2.23. The van der Waals surface area contributed by atoms with E-state index in [1.54, 1.807) is 25.1 Å². The zero-order chi connectivity index (χ0) is 21.9. The Labute approximate surface area is 179 Å². The second-order valence-electron chi connectivity index (χ2n) is 8.02. The van der Waals surface area contributed by atoms with Crippen LogP contribution in [-0.4, -0.2) is 57.7 Å². The summed E-state index contributed by atoms with van der Waals surface area (Å²) < 4.78 is 25.5. The van der Waals surface area contributed by atoms with Gasteiger partial charge in [0.1, 0.15) is 0 Å². The Morgan fingerprint density at radius 2 is 1.63 bits per heavy atom. The number of nitrogens with zero attached hydrogens (tertiary/aromatic N) is 2. The van der Waals surface area contributed by atoms with Crippen LogP contribution in [0.5, 0.6) is 0 Å². The molecular weight excluding hydrogens is 400 g/mol. The van der Waals surface area contributed by atoms with Crippen LogP contribution in [0, 0.1) is 6.92 Å². The van der Waals surface area contributed by atoms with Gasteiger partial charge in [0.15, 0.2) is 0 Å². The van der Waals surface area contributed by atoms with Crippen molar-refractivity contribution in [2.75, 3.05) is 47.4 Å². The highest BCUT2D eigenvalue weighted by Gasteiger charge is 2.19. The summed E-state index contributed by atoms with van der Waals surface area (Å²) in [6.45, 7) is 10.3. The van der Waals surface area contributed by atoms with Crippen molar-refractivity contribution in [2.45, 2.75) is 26.8 Å². The van der Waals surface area contributed by atoms with Gasteiger partial charge in [-0.1, -0.05) is 6.07 Å². The number of benzene rings is 2. The van der Waals surface area contributed by atoms with Gasteiger partial charge in [0.25, 0.3) is 5.91 Å². The first-order chi connectivity index (χ1) is 14.1. The monoisotopic (exact) mass is 430 g/mol. The van der Waals surface area contributed by atoms with Gasteiger partial charge in [-0.3, -0.25) is 14.4 Å². The lowest BCUT2D eigenvalue weighted by Crippen LogP contribution is -2.48. The third-order valence-corrected chi connectivity index (χ3v) is 5.92. The fraction of sp³-hybridized carbons (Fsp3) is 0.409. The molecule has 1 fully saturated rings. The van der Waals surface area contributed by atoms with Crippen molar-refractivity contribution in [3.8, 4) is 0 Å². The Morgan fingerprint density at radius 3 is 2.20 bits per heavy atom. The minimum absolute atomic E-state index is 0.236. The van der Waals surface area contributed by atoms with Gasteiger partial charge < -0.3 is 10.2 Å². The molecule has 1 heterocycles. The number of amides is 1. The van der Waals surface area contributed by atoms with E-state index in [1.807, 2.05) is 24.3 Å². The number of carbonyl (C=O) groups excluding carboxylic acids is 1. The molecule has 1 saturated heterocycles. The number of sulfonamides is 1. The topological polar surface area (TPSA) is 81.8 Å². The Kier molecular flexibility index (Phi) is 6.67. The normalized spacial score (nSPS) is 15.3. The molecule has 0 unspecified atom stereocenters. The second-order valence-corrected chi connectivity index (χ2v) is 9.77. The number of nitrogens with one attached hydrogen (secondary N) is 2. The molecule has 0 bridgehead atoms. The third kappa shape index (κ3) is 5.73. The van der Waals surface area contributed by atoms with Crippen molar-refractivity contribution in [1.29, 1.82) is 0 Å². The van der Waals surface area contributed by atoms with E-state index in [0.717, 1.165) is 43.7 Å². The third-order valence-electron chi connectivity index (χ3n) is 5.33. The van der Waals surface area contributed by atoms with Crippen molar-refractivity contribution < 1.29 is 13.2 Å². The smallest absolute Gasteiger partial charge is 0.255 e. The second kappa shape index (κ2) is 9.06. The molecule has 1 aliphatic rings. The van der Waals surface area contributed by atoms with Gasteiger partial charge in [0, 0.05) is 49.2 Å². The molecule has 0 aliphatic carbocycles. The van der Waals surface area contributed by atoms with Crippen LogP contribution in [0.2, 0.25) is 0 Å². The summed E-state index contributed by atoms with van der Waals surface area (Å²) in [6.07, 6.45) is 1.10. The number of anilines is 3. The predicted molar refractivity (Wildman–Crippen MR) is 123 cm³/mol. The molecule has 162 valence electrons. The first-order valence-corrected chi connectivity index (χ1v) is 12.0. The molecule has 2 aromatic rings. The Bertz CT molecular complexity index is 996. The van der Waals surface area contributed by atoms with E-state index in [-0.39, 0.29) is 5.91 Å². The average Bonchev–Trinajstić information content (AvgIpc) is 2.69. The number of hydrogen-bond donors (Lipinski definition) is 2. The van der Waals surface area contributed by atoms with Crippen LogP contribution < -0.4 is 14.9 Å². The van der Waals surface area contributed by atoms with Gasteiger partial charge in [0.2, 0.25) is 10.0 Å². The van der Waals surface area contributed by atoms with E-state index in [0.29, 0.717) is 23.0 Å². The molecule has 8 heteroatoms. The van der Waals surface area contributed by atoms with E-state index in [9.17, 15) is 13.2 Å². The maximum absolute atomic E-state index is 12.6. The largest absolute Gasteiger partial charge is 0.369 e. The molecule has 30 heavy (non-hydrogen) atoms. The molecule has 0 radical (unpaired) electrons. The fourth-order valence-corrected chi connectivity index (χ4v) is 4.15. The molecule has 0 aromatic heterocycles. The molecular formula is C22H30N4O3S. The maximum atomic E-state index is 12.6. The summed E-state index contributed by atoms with van der Waals surface area (Å²) in [7, 11) is -3.39. The van der Waals surface area contributed by atoms with Crippen LogP contribution in [-0.2, 0) is 10.0 Å². The lowest BCUT2D eigenvalue weighted by molar-refractivity contribution is 0.102. The summed E-state index contributed by atoms with van der Waals surface area (Å²) >= 11 is 0. The van der Waals surface area contributed by atoms with Crippen LogP contribution in [0.25, 0.3) is 0 Å². The lowest BCUT2D eigenvalue weighted by atomic mass is 10.1. The molecule has 2 N–H and O–H groups in total. The fourth-order valence-electron chi connectivity index (χ4n) is 3.53. The van der Waals surface area contributed by atoms with Crippen LogP contribution in [0.15, 0.2) is 42.5 Å². The van der Waals surface area contributed by atoms with Gasteiger partial charge in [-0.15, -0.1) is 0 Å². The zero-order valence-electron chi connectivity index (χ0n) is 18.0. The van der Waals surface area contributed by atoms with Crippen molar-refractivity contribution in [3.63, 3.8) is 0 Å². The lowest BCUT2D eigenvalue weighted by Gasteiger charge is -2.38. The van der Waals surface area contributed by atoms with Gasteiger partial charge >= 0.3 is 0 Å². The van der Waals surface area contributed by atoms with Crippen molar-refractivity contribution in [3.05, 3.63) is 53.6 Å². The maximum Gasteiger partial charge on any atom is 0.255 e. The summed E-state index contributed by atoms with van der Waals surface area (Å²) in [5.41, 5.74) is 3.43. The van der Waals surface area contributed by atoms with E-state index in [4.69, 9.17) is 0 Å². The first kappa shape index (κ1) is 22.1. The van der Waals surface area contributed by atoms with Gasteiger partial charge in [-0.2, -0.15) is 0 Å². The number of carbonyl (C=O) groups is 1. The highest BCUT2D eigenvalue weighted by molar-refractivity contribution is 7.92. The van der Waals surface area contributed by atoms with Gasteiger partial charge in [-0.25, -0.2) is 8.42 Å². The molecule has 3 rings (SSSR count). The van der Waals surface area contributed by atoms with E-state index in [2.05, 4.69) is 33.7 Å². The number of hydrogen-bond acceptors (Lipinski definition) is 5. The van der Waals surface area contributed by atoms with E-state index in [1.165, 1.54) is 0 Å².